The average Bonchev–Trinajstić information content (AvgIpc) is 3.36. The molecule has 9 heteroatoms. The molecule has 0 saturated carbocycles. The number of aryl methyl sites for hydroxylation is 2. The van der Waals surface area contributed by atoms with Crippen molar-refractivity contribution in [2.75, 3.05) is 18.5 Å². The Kier molecular flexibility index (Phi) is 4.79. The molecule has 0 spiro atoms. The van der Waals surface area contributed by atoms with E-state index in [4.69, 9.17) is 9.51 Å². The van der Waals surface area contributed by atoms with Crippen LogP contribution in [0.25, 0.3) is 22.5 Å². The van der Waals surface area contributed by atoms with Crippen molar-refractivity contribution in [3.05, 3.63) is 54.2 Å². The van der Waals surface area contributed by atoms with Crippen LogP contribution in [0.15, 0.2) is 41.7 Å². The number of anilines is 1. The van der Waals surface area contributed by atoms with Gasteiger partial charge in [-0.05, 0) is 25.8 Å². The van der Waals surface area contributed by atoms with Crippen molar-refractivity contribution in [1.29, 1.82) is 0 Å². The van der Waals surface area contributed by atoms with Crippen LogP contribution >= 0.6 is 0 Å². The van der Waals surface area contributed by atoms with Crippen LogP contribution in [0.5, 0.6) is 0 Å². The molecule has 0 radical (unpaired) electrons. The zero-order valence-corrected chi connectivity index (χ0v) is 15.9. The first-order valence-electron chi connectivity index (χ1n) is 8.89. The van der Waals surface area contributed by atoms with E-state index in [1.54, 1.807) is 24.8 Å². The van der Waals surface area contributed by atoms with Crippen molar-refractivity contribution in [2.45, 2.75) is 20.3 Å². The zero-order valence-electron chi connectivity index (χ0n) is 15.9. The number of hydrogen-bond acceptors (Lipinski definition) is 8. The van der Waals surface area contributed by atoms with E-state index in [-0.39, 0.29) is 0 Å². The van der Waals surface area contributed by atoms with E-state index in [0.717, 1.165) is 41.0 Å². The van der Waals surface area contributed by atoms with Crippen LogP contribution in [0.2, 0.25) is 0 Å². The monoisotopic (exact) mass is 376 g/mol. The van der Waals surface area contributed by atoms with E-state index in [9.17, 15) is 0 Å². The number of aromatic nitrogens is 7. The van der Waals surface area contributed by atoms with Crippen LogP contribution in [0.4, 0.5) is 5.95 Å². The molecule has 0 atom stereocenters. The summed E-state index contributed by atoms with van der Waals surface area (Å²) in [6.07, 6.45) is 11.3. The SMILES string of the molecule is Cc1noc(C)c1-c1nc(N(C)CCc2cn[nH]c2)ncc1-c1cnccn1. The molecule has 4 aromatic heterocycles. The number of rotatable bonds is 6. The molecule has 1 N–H and O–H groups in total. The number of nitrogens with zero attached hydrogens (tertiary/aromatic N) is 7. The summed E-state index contributed by atoms with van der Waals surface area (Å²) in [6, 6.07) is 0. The number of hydrogen-bond donors (Lipinski definition) is 1. The maximum Gasteiger partial charge on any atom is 0.225 e. The van der Waals surface area contributed by atoms with Gasteiger partial charge < -0.3 is 9.42 Å². The van der Waals surface area contributed by atoms with Gasteiger partial charge in [0, 0.05) is 43.9 Å². The molecule has 0 aliphatic rings. The topological polar surface area (TPSA) is 110 Å². The smallest absolute Gasteiger partial charge is 0.225 e. The van der Waals surface area contributed by atoms with Gasteiger partial charge in [-0.1, -0.05) is 5.16 Å². The molecular formula is C19H20N8O. The standard InChI is InChI=1S/C19H20N8O/c1-12-17(13(2)28-26-12)18-15(16-11-20-5-6-21-16)10-22-19(25-18)27(3)7-4-14-8-23-24-9-14/h5-6,8-11H,4,7H2,1-3H3,(H,23,24). The Morgan fingerprint density at radius 1 is 1.11 bits per heavy atom. The fraction of sp³-hybridized carbons (Fsp3) is 0.263. The summed E-state index contributed by atoms with van der Waals surface area (Å²) in [5.41, 5.74) is 4.98. The van der Waals surface area contributed by atoms with E-state index in [1.807, 2.05) is 38.2 Å². The van der Waals surface area contributed by atoms with Gasteiger partial charge in [-0.2, -0.15) is 5.10 Å². The summed E-state index contributed by atoms with van der Waals surface area (Å²) in [4.78, 5) is 20.0. The van der Waals surface area contributed by atoms with Crippen molar-refractivity contribution in [3.8, 4) is 22.5 Å². The lowest BCUT2D eigenvalue weighted by Crippen LogP contribution is -2.22. The van der Waals surface area contributed by atoms with Gasteiger partial charge in [0.25, 0.3) is 0 Å². The molecular weight excluding hydrogens is 356 g/mol. The number of nitrogens with one attached hydrogen (secondary N) is 1. The predicted octanol–water partition coefficient (Wildman–Crippen LogP) is 2.61. The first kappa shape index (κ1) is 17.8. The summed E-state index contributed by atoms with van der Waals surface area (Å²) in [5, 5.41) is 10.9. The fourth-order valence-electron chi connectivity index (χ4n) is 3.00. The van der Waals surface area contributed by atoms with Gasteiger partial charge in [-0.3, -0.25) is 15.1 Å². The Bertz CT molecular complexity index is 1040. The third kappa shape index (κ3) is 3.46. The minimum Gasteiger partial charge on any atom is -0.361 e. The summed E-state index contributed by atoms with van der Waals surface area (Å²) < 4.78 is 5.37. The fourth-order valence-corrected chi connectivity index (χ4v) is 3.00. The average molecular weight is 376 g/mol. The number of likely N-dealkylation sites (N-methyl/N-ethyl adjacent to an activating group) is 1. The van der Waals surface area contributed by atoms with E-state index < -0.39 is 0 Å². The molecule has 0 bridgehead atoms. The summed E-state index contributed by atoms with van der Waals surface area (Å²) in [5.74, 6) is 1.32. The Balaban J connectivity index is 1.73. The lowest BCUT2D eigenvalue weighted by Gasteiger charge is -2.18. The molecule has 0 fully saturated rings. The van der Waals surface area contributed by atoms with Gasteiger partial charge >= 0.3 is 0 Å². The van der Waals surface area contributed by atoms with Gasteiger partial charge in [0.15, 0.2) is 0 Å². The normalized spacial score (nSPS) is 11.0. The molecule has 0 aliphatic heterocycles. The van der Waals surface area contributed by atoms with E-state index >= 15 is 0 Å². The van der Waals surface area contributed by atoms with Crippen LogP contribution < -0.4 is 4.90 Å². The molecule has 142 valence electrons. The Morgan fingerprint density at radius 2 is 2.00 bits per heavy atom. The Labute approximate surface area is 161 Å². The molecule has 0 saturated heterocycles. The second-order valence-corrected chi connectivity index (χ2v) is 6.50. The van der Waals surface area contributed by atoms with Crippen LogP contribution in [0.1, 0.15) is 17.0 Å². The molecule has 4 rings (SSSR count). The van der Waals surface area contributed by atoms with Crippen LogP contribution in [-0.4, -0.2) is 48.9 Å². The molecule has 0 aliphatic carbocycles. The van der Waals surface area contributed by atoms with E-state index in [1.165, 1.54) is 0 Å². The van der Waals surface area contributed by atoms with Gasteiger partial charge in [0.2, 0.25) is 5.95 Å². The summed E-state index contributed by atoms with van der Waals surface area (Å²) >= 11 is 0. The third-order valence-corrected chi connectivity index (χ3v) is 4.52. The van der Waals surface area contributed by atoms with Crippen molar-refractivity contribution in [1.82, 2.24) is 35.3 Å². The largest absolute Gasteiger partial charge is 0.361 e. The first-order chi connectivity index (χ1) is 13.6. The Morgan fingerprint density at radius 3 is 2.68 bits per heavy atom. The van der Waals surface area contributed by atoms with Gasteiger partial charge in [-0.15, -0.1) is 0 Å². The molecule has 0 aromatic carbocycles. The highest BCUT2D eigenvalue weighted by molar-refractivity contribution is 5.80. The second-order valence-electron chi connectivity index (χ2n) is 6.50. The Hall–Kier alpha value is -3.62. The number of H-pyrrole nitrogens is 1. The highest BCUT2D eigenvalue weighted by Gasteiger charge is 2.21. The van der Waals surface area contributed by atoms with Gasteiger partial charge in [0.1, 0.15) is 5.76 Å². The lowest BCUT2D eigenvalue weighted by atomic mass is 10.0. The van der Waals surface area contributed by atoms with Crippen molar-refractivity contribution in [2.24, 2.45) is 0 Å². The predicted molar refractivity (Wildman–Crippen MR) is 104 cm³/mol. The minimum absolute atomic E-state index is 0.617. The van der Waals surface area contributed by atoms with Crippen molar-refractivity contribution in [3.63, 3.8) is 0 Å². The maximum absolute atomic E-state index is 5.37. The van der Waals surface area contributed by atoms with Gasteiger partial charge in [-0.25, -0.2) is 9.97 Å². The van der Waals surface area contributed by atoms with Crippen LogP contribution in [0, 0.1) is 13.8 Å². The summed E-state index contributed by atoms with van der Waals surface area (Å²) in [6.45, 7) is 4.53. The first-order valence-corrected chi connectivity index (χ1v) is 8.89. The molecule has 28 heavy (non-hydrogen) atoms. The van der Waals surface area contributed by atoms with E-state index in [2.05, 4.69) is 30.3 Å². The molecule has 0 amide bonds. The molecule has 4 aromatic rings. The lowest BCUT2D eigenvalue weighted by molar-refractivity contribution is 0.393. The zero-order chi connectivity index (χ0) is 19.5. The number of aromatic amines is 1. The van der Waals surface area contributed by atoms with Crippen molar-refractivity contribution >= 4 is 5.95 Å². The maximum atomic E-state index is 5.37. The van der Waals surface area contributed by atoms with Gasteiger partial charge in [0.05, 0.1) is 35.0 Å². The minimum atomic E-state index is 0.617. The van der Waals surface area contributed by atoms with Crippen LogP contribution in [0.3, 0.4) is 0 Å². The molecule has 4 heterocycles. The third-order valence-electron chi connectivity index (χ3n) is 4.52. The molecule has 9 nitrogen and oxygen atoms in total. The quantitative estimate of drug-likeness (QED) is 0.547. The van der Waals surface area contributed by atoms with E-state index in [0.29, 0.717) is 17.4 Å². The summed E-state index contributed by atoms with van der Waals surface area (Å²) in [7, 11) is 1.97. The molecule has 0 unspecified atom stereocenters. The second kappa shape index (κ2) is 7.55. The van der Waals surface area contributed by atoms with Crippen molar-refractivity contribution < 1.29 is 4.52 Å². The highest BCUT2D eigenvalue weighted by atomic mass is 16.5. The van der Waals surface area contributed by atoms with Crippen LogP contribution in [-0.2, 0) is 6.42 Å². The highest BCUT2D eigenvalue weighted by Crippen LogP contribution is 2.33.